The first kappa shape index (κ1) is 8.87. The molecule has 0 aliphatic carbocycles. The molecule has 9 heavy (non-hydrogen) atoms. The van der Waals surface area contributed by atoms with Crippen LogP contribution in [0.1, 0.15) is 20.3 Å². The second-order valence-corrected chi connectivity index (χ2v) is 2.87. The molecule has 0 saturated carbocycles. The molecule has 0 aromatic heterocycles. The molecule has 0 heterocycles. The van der Waals surface area contributed by atoms with Gasteiger partial charge in [-0.1, -0.05) is 6.92 Å². The lowest BCUT2D eigenvalue weighted by molar-refractivity contribution is 0.467. The fraction of sp³-hybridized carbons (Fsp3) is 0.750. The molecule has 55 valence electrons. The largest absolute Gasteiger partial charge is 0.333 e. The standard InChI is InChI=1S/C4H10NO3S/c1-3-4(2)5-9(6,7)8/h5H,3H2,1-2H3,(H,6,7,8). The van der Waals surface area contributed by atoms with Crippen molar-refractivity contribution in [3.05, 3.63) is 6.04 Å². The summed E-state index contributed by atoms with van der Waals surface area (Å²) in [7, 11) is -4.02. The lowest BCUT2D eigenvalue weighted by Crippen LogP contribution is -2.25. The molecule has 4 nitrogen and oxygen atoms in total. The molecule has 5 heteroatoms. The molecule has 0 rings (SSSR count). The number of rotatable bonds is 3. The molecule has 0 atom stereocenters. The SMILES string of the molecule is CC[C](C)NS(=O)(=O)O. The maximum atomic E-state index is 10.0. The van der Waals surface area contributed by atoms with Crippen molar-refractivity contribution in [3.63, 3.8) is 0 Å². The molecule has 0 bridgehead atoms. The van der Waals surface area contributed by atoms with Crippen molar-refractivity contribution in [3.8, 4) is 0 Å². The van der Waals surface area contributed by atoms with Crippen molar-refractivity contribution in [1.82, 2.24) is 4.72 Å². The van der Waals surface area contributed by atoms with E-state index in [1.54, 1.807) is 13.8 Å². The third-order valence-corrected chi connectivity index (χ3v) is 1.44. The highest BCUT2D eigenvalue weighted by Crippen LogP contribution is 1.98. The minimum Gasteiger partial charge on any atom is -0.273 e. The molecular weight excluding hydrogens is 142 g/mol. The quantitative estimate of drug-likeness (QED) is 0.573. The Balaban J connectivity index is 3.75. The molecule has 0 aliphatic rings. The Morgan fingerprint density at radius 2 is 2.11 bits per heavy atom. The first-order valence-corrected chi connectivity index (χ1v) is 3.97. The molecule has 0 spiro atoms. The predicted molar refractivity (Wildman–Crippen MR) is 33.9 cm³/mol. The van der Waals surface area contributed by atoms with Crippen molar-refractivity contribution >= 4 is 10.3 Å². The summed E-state index contributed by atoms with van der Waals surface area (Å²) in [4.78, 5) is 0. The van der Waals surface area contributed by atoms with Crippen LogP contribution in [-0.2, 0) is 10.3 Å². The second kappa shape index (κ2) is 3.14. The molecule has 0 fully saturated rings. The van der Waals surface area contributed by atoms with E-state index in [4.69, 9.17) is 4.55 Å². The first-order valence-electron chi connectivity index (χ1n) is 2.53. The van der Waals surface area contributed by atoms with Gasteiger partial charge in [0, 0.05) is 0 Å². The fourth-order valence-electron chi connectivity index (χ4n) is 0.292. The van der Waals surface area contributed by atoms with Gasteiger partial charge in [-0.15, -0.1) is 0 Å². The smallest absolute Gasteiger partial charge is 0.273 e. The molecule has 0 saturated heterocycles. The number of hydrogen-bond donors (Lipinski definition) is 2. The summed E-state index contributed by atoms with van der Waals surface area (Å²) in [5.74, 6) is 0. The summed E-state index contributed by atoms with van der Waals surface area (Å²) >= 11 is 0. The molecule has 0 aromatic rings. The zero-order chi connectivity index (χ0) is 7.49. The van der Waals surface area contributed by atoms with E-state index >= 15 is 0 Å². The van der Waals surface area contributed by atoms with E-state index in [0.717, 1.165) is 0 Å². The van der Waals surface area contributed by atoms with E-state index in [-0.39, 0.29) is 0 Å². The lowest BCUT2D eigenvalue weighted by Gasteiger charge is -2.04. The van der Waals surface area contributed by atoms with Gasteiger partial charge in [0.05, 0.1) is 6.04 Å². The molecular formula is C4H10NO3S. The number of hydrogen-bond acceptors (Lipinski definition) is 2. The van der Waals surface area contributed by atoms with Gasteiger partial charge in [0.2, 0.25) is 0 Å². The van der Waals surface area contributed by atoms with E-state index < -0.39 is 10.3 Å². The minimum atomic E-state index is -4.02. The highest BCUT2D eigenvalue weighted by molar-refractivity contribution is 7.83. The summed E-state index contributed by atoms with van der Waals surface area (Å²) in [6, 6.07) is 0.525. The summed E-state index contributed by atoms with van der Waals surface area (Å²) in [6.45, 7) is 3.38. The Morgan fingerprint density at radius 3 is 2.22 bits per heavy atom. The van der Waals surface area contributed by atoms with Crippen LogP contribution in [0.4, 0.5) is 0 Å². The predicted octanol–water partition coefficient (Wildman–Crippen LogP) is 0.341. The molecule has 0 amide bonds. The highest BCUT2D eigenvalue weighted by atomic mass is 32.2. The fourth-order valence-corrected chi connectivity index (χ4v) is 0.877. The van der Waals surface area contributed by atoms with Gasteiger partial charge >= 0.3 is 10.3 Å². The van der Waals surface area contributed by atoms with Crippen LogP contribution < -0.4 is 4.72 Å². The molecule has 0 unspecified atom stereocenters. The van der Waals surface area contributed by atoms with Crippen LogP contribution in [-0.4, -0.2) is 13.0 Å². The van der Waals surface area contributed by atoms with Gasteiger partial charge in [-0.25, -0.2) is 0 Å². The van der Waals surface area contributed by atoms with Crippen molar-refractivity contribution in [1.29, 1.82) is 0 Å². The van der Waals surface area contributed by atoms with Gasteiger partial charge in [-0.2, -0.15) is 13.1 Å². The maximum Gasteiger partial charge on any atom is 0.333 e. The van der Waals surface area contributed by atoms with Gasteiger partial charge < -0.3 is 0 Å². The average Bonchev–Trinajstić information content (AvgIpc) is 1.62. The van der Waals surface area contributed by atoms with Crippen LogP contribution in [0.2, 0.25) is 0 Å². The Labute approximate surface area is 55.1 Å². The zero-order valence-corrected chi connectivity index (χ0v) is 6.20. The molecule has 0 aliphatic heterocycles. The first-order chi connectivity index (χ1) is 3.95. The zero-order valence-electron chi connectivity index (χ0n) is 5.38. The highest BCUT2D eigenvalue weighted by Gasteiger charge is 2.07. The third kappa shape index (κ3) is 5.75. The van der Waals surface area contributed by atoms with Crippen molar-refractivity contribution in [2.45, 2.75) is 20.3 Å². The van der Waals surface area contributed by atoms with Gasteiger partial charge in [0.1, 0.15) is 0 Å². The second-order valence-electron chi connectivity index (χ2n) is 1.71. The van der Waals surface area contributed by atoms with E-state index in [1.807, 2.05) is 4.72 Å². The summed E-state index contributed by atoms with van der Waals surface area (Å²) in [6.07, 6.45) is 0.583. The summed E-state index contributed by atoms with van der Waals surface area (Å²) in [5, 5.41) is 0. The van der Waals surface area contributed by atoms with Crippen LogP contribution in [0.3, 0.4) is 0 Å². The minimum absolute atomic E-state index is 0.525. The van der Waals surface area contributed by atoms with Crippen molar-refractivity contribution in [2.75, 3.05) is 0 Å². The van der Waals surface area contributed by atoms with E-state index in [0.29, 0.717) is 12.5 Å². The Kier molecular flexibility index (Phi) is 3.10. The molecule has 1 radical (unpaired) electrons. The van der Waals surface area contributed by atoms with Gasteiger partial charge in [-0.05, 0) is 13.3 Å². The Bertz CT molecular complexity index is 163. The average molecular weight is 152 g/mol. The summed E-state index contributed by atoms with van der Waals surface area (Å²) in [5.41, 5.74) is 0. The topological polar surface area (TPSA) is 66.4 Å². The van der Waals surface area contributed by atoms with E-state index in [1.165, 1.54) is 0 Å². The van der Waals surface area contributed by atoms with Gasteiger partial charge in [-0.3, -0.25) is 4.55 Å². The number of nitrogens with one attached hydrogen (secondary N) is 1. The Morgan fingerprint density at radius 1 is 1.67 bits per heavy atom. The molecule has 0 aromatic carbocycles. The van der Waals surface area contributed by atoms with E-state index in [2.05, 4.69) is 0 Å². The summed E-state index contributed by atoms with van der Waals surface area (Å²) < 4.78 is 30.1. The monoisotopic (exact) mass is 152 g/mol. The van der Waals surface area contributed by atoms with Crippen LogP contribution in [0.15, 0.2) is 0 Å². The maximum absolute atomic E-state index is 10.0. The van der Waals surface area contributed by atoms with Crippen molar-refractivity contribution < 1.29 is 13.0 Å². The van der Waals surface area contributed by atoms with Crippen LogP contribution >= 0.6 is 0 Å². The van der Waals surface area contributed by atoms with Crippen LogP contribution in [0.25, 0.3) is 0 Å². The van der Waals surface area contributed by atoms with Crippen molar-refractivity contribution in [2.24, 2.45) is 0 Å². The van der Waals surface area contributed by atoms with Gasteiger partial charge in [0.15, 0.2) is 0 Å². The third-order valence-electron chi connectivity index (χ3n) is 0.834. The lowest BCUT2D eigenvalue weighted by atomic mass is 10.3. The van der Waals surface area contributed by atoms with Crippen LogP contribution in [0, 0.1) is 6.04 Å². The normalized spacial score (nSPS) is 12.4. The Hall–Kier alpha value is -0.130. The molecule has 2 N–H and O–H groups in total. The van der Waals surface area contributed by atoms with Crippen LogP contribution in [0.5, 0.6) is 0 Å². The van der Waals surface area contributed by atoms with Gasteiger partial charge in [0.25, 0.3) is 0 Å². The van der Waals surface area contributed by atoms with E-state index in [9.17, 15) is 8.42 Å².